The van der Waals surface area contributed by atoms with Crippen LogP contribution in [0.2, 0.25) is 0 Å². The molecule has 0 saturated carbocycles. The molecule has 1 fully saturated rings. The molecule has 1 saturated heterocycles. The summed E-state index contributed by atoms with van der Waals surface area (Å²) in [5.74, 6) is -0.401. The molecule has 1 aliphatic heterocycles. The summed E-state index contributed by atoms with van der Waals surface area (Å²) >= 11 is 0. The molecule has 1 rings (SSSR count). The van der Waals surface area contributed by atoms with Gasteiger partial charge in [-0.1, -0.05) is 204 Å². The highest BCUT2D eigenvalue weighted by atomic mass is 32.3. The van der Waals surface area contributed by atoms with Crippen molar-refractivity contribution in [2.24, 2.45) is 0 Å². The molecule has 1 heterocycles. The fraction of sp³-hybridized carbons (Fsp3) is 0.873. The van der Waals surface area contributed by atoms with Gasteiger partial charge in [-0.05, 0) is 70.6 Å². The van der Waals surface area contributed by atoms with E-state index in [9.17, 15) is 33.1 Å². The molecule has 6 unspecified atom stereocenters. The van der Waals surface area contributed by atoms with E-state index in [1.54, 1.807) is 0 Å². The molecule has 0 bridgehead atoms. The monoisotopic (exact) mass is 987 g/mol. The lowest BCUT2D eigenvalue weighted by Gasteiger charge is -2.41. The topological polar surface area (TPSA) is 178 Å². The summed E-state index contributed by atoms with van der Waals surface area (Å²) in [4.78, 5) is 12.9. The van der Waals surface area contributed by atoms with Crippen LogP contribution in [0.1, 0.15) is 245 Å². The van der Waals surface area contributed by atoms with Gasteiger partial charge in [0.25, 0.3) is 0 Å². The molecule has 0 aromatic heterocycles. The minimum absolute atomic E-state index is 0.0351. The third-order valence-electron chi connectivity index (χ3n) is 12.7. The summed E-state index contributed by atoms with van der Waals surface area (Å²) in [5.41, 5.74) is 0. The standard InChI is InChI=1S/C55H102O12S/c1-3-5-7-9-11-13-15-17-19-21-23-25-26-28-30-32-34-36-38-40-42-44-51(57)65-49(48-64-55-53(59)54(67-68(60,61)62)52(58)50(46-56)66-55)47-63-45-43-41-39-37-35-33-31-29-27-24-22-20-18-16-14-12-10-8-6-4-2/h15,17-18,20-21,23,49-50,52-56,58-59H,3-14,16,19,22,24-48H2,1-2H3,(H,60,61,62)/b17-15-,20-18-,23-21-. The Bertz CT molecular complexity index is 1320. The van der Waals surface area contributed by atoms with Gasteiger partial charge in [0.05, 0.1) is 19.8 Å². The molecule has 0 aliphatic carbocycles. The highest BCUT2D eigenvalue weighted by molar-refractivity contribution is 7.80. The van der Waals surface area contributed by atoms with Crippen LogP contribution in [0, 0.1) is 0 Å². The smallest absolute Gasteiger partial charge is 0.397 e. The number of allylic oxidation sites excluding steroid dienone is 6. The molecule has 4 N–H and O–H groups in total. The molecule has 0 spiro atoms. The van der Waals surface area contributed by atoms with E-state index in [0.717, 1.165) is 51.4 Å². The van der Waals surface area contributed by atoms with Crippen molar-refractivity contribution in [3.8, 4) is 0 Å². The van der Waals surface area contributed by atoms with Crippen molar-refractivity contribution in [3.63, 3.8) is 0 Å². The van der Waals surface area contributed by atoms with Crippen molar-refractivity contribution >= 4 is 16.4 Å². The average Bonchev–Trinajstić information content (AvgIpc) is 3.31. The Morgan fingerprint density at radius 1 is 0.559 bits per heavy atom. The van der Waals surface area contributed by atoms with Crippen molar-refractivity contribution < 1.29 is 56.2 Å². The Labute approximate surface area is 415 Å². The largest absolute Gasteiger partial charge is 0.457 e. The Morgan fingerprint density at radius 2 is 0.971 bits per heavy atom. The van der Waals surface area contributed by atoms with E-state index in [-0.39, 0.29) is 19.6 Å². The van der Waals surface area contributed by atoms with Crippen LogP contribution in [0.5, 0.6) is 0 Å². The van der Waals surface area contributed by atoms with Gasteiger partial charge >= 0.3 is 16.4 Å². The third-order valence-corrected chi connectivity index (χ3v) is 13.2. The summed E-state index contributed by atoms with van der Waals surface area (Å²) in [6.07, 6.45) is 47.4. The van der Waals surface area contributed by atoms with Crippen LogP contribution in [0.3, 0.4) is 0 Å². The summed E-state index contributed by atoms with van der Waals surface area (Å²) in [6, 6.07) is 0. The van der Waals surface area contributed by atoms with Crippen LogP contribution in [0.25, 0.3) is 0 Å². The van der Waals surface area contributed by atoms with Crippen molar-refractivity contribution in [2.45, 2.75) is 282 Å². The van der Waals surface area contributed by atoms with Gasteiger partial charge in [0.2, 0.25) is 0 Å². The SMILES string of the molecule is CCCCCCC/C=C\C/C=C\CCCCCCCCCCCC(=O)OC(COCCCCCCCCCCCC/C=C\CCCCCCCC)COC1OC(CO)C(O)C(OS(=O)(=O)O)C1O. The summed E-state index contributed by atoms with van der Waals surface area (Å²) in [5, 5.41) is 30.8. The van der Waals surface area contributed by atoms with Crippen molar-refractivity contribution in [1.82, 2.24) is 0 Å². The number of hydrogen-bond acceptors (Lipinski definition) is 11. The van der Waals surface area contributed by atoms with Gasteiger partial charge in [-0.25, -0.2) is 4.18 Å². The van der Waals surface area contributed by atoms with Crippen molar-refractivity contribution in [3.05, 3.63) is 36.5 Å². The Morgan fingerprint density at radius 3 is 1.41 bits per heavy atom. The number of carbonyl (C=O) groups is 1. The molecule has 400 valence electrons. The number of rotatable bonds is 49. The number of esters is 1. The van der Waals surface area contributed by atoms with Gasteiger partial charge in [-0.3, -0.25) is 9.35 Å². The summed E-state index contributed by atoms with van der Waals surface area (Å²) < 4.78 is 59.4. The van der Waals surface area contributed by atoms with Gasteiger partial charge in [0.15, 0.2) is 6.29 Å². The first kappa shape index (κ1) is 64.3. The predicted octanol–water partition coefficient (Wildman–Crippen LogP) is 13.3. The van der Waals surface area contributed by atoms with Gasteiger partial charge in [-0.2, -0.15) is 8.42 Å². The molecule has 0 amide bonds. The van der Waals surface area contributed by atoms with E-state index in [2.05, 4.69) is 54.5 Å². The summed E-state index contributed by atoms with van der Waals surface area (Å²) in [6.45, 7) is 4.01. The molecular formula is C55H102O12S. The molecule has 0 aromatic carbocycles. The summed E-state index contributed by atoms with van der Waals surface area (Å²) in [7, 11) is -5.07. The van der Waals surface area contributed by atoms with Crippen molar-refractivity contribution in [2.75, 3.05) is 26.4 Å². The van der Waals surface area contributed by atoms with Gasteiger partial charge in [0.1, 0.15) is 30.5 Å². The Balaban J connectivity index is 2.33. The third kappa shape index (κ3) is 39.0. The van der Waals surface area contributed by atoms with E-state index < -0.39 is 59.8 Å². The van der Waals surface area contributed by atoms with Gasteiger partial charge < -0.3 is 34.3 Å². The Hall–Kier alpha value is -1.68. The van der Waals surface area contributed by atoms with E-state index in [0.29, 0.717) is 13.0 Å². The quantitative estimate of drug-likeness (QED) is 0.0197. The molecule has 1 aliphatic rings. The number of carbonyl (C=O) groups excluding carboxylic acids is 1. The van der Waals surface area contributed by atoms with Crippen LogP contribution >= 0.6 is 0 Å². The molecular weight excluding hydrogens is 885 g/mol. The van der Waals surface area contributed by atoms with Crippen LogP contribution in [0.15, 0.2) is 36.5 Å². The number of unbranched alkanes of at least 4 members (excludes halogenated alkanes) is 30. The van der Waals surface area contributed by atoms with Crippen molar-refractivity contribution in [1.29, 1.82) is 0 Å². The van der Waals surface area contributed by atoms with Crippen LogP contribution in [-0.2, 0) is 38.3 Å². The second kappa shape index (κ2) is 46.4. The van der Waals surface area contributed by atoms with Gasteiger partial charge in [-0.15, -0.1) is 0 Å². The maximum Gasteiger partial charge on any atom is 0.397 e. The van der Waals surface area contributed by atoms with E-state index >= 15 is 0 Å². The van der Waals surface area contributed by atoms with E-state index in [1.165, 1.54) is 167 Å². The highest BCUT2D eigenvalue weighted by Crippen LogP contribution is 2.26. The minimum Gasteiger partial charge on any atom is -0.457 e. The maximum absolute atomic E-state index is 12.9. The molecule has 0 radical (unpaired) electrons. The fourth-order valence-electron chi connectivity index (χ4n) is 8.52. The predicted molar refractivity (Wildman–Crippen MR) is 276 cm³/mol. The first-order valence-electron chi connectivity index (χ1n) is 27.7. The number of aliphatic hydroxyl groups is 3. The zero-order chi connectivity index (χ0) is 49.6. The molecule has 12 nitrogen and oxygen atoms in total. The van der Waals surface area contributed by atoms with Crippen LogP contribution < -0.4 is 0 Å². The molecule has 6 atom stereocenters. The lowest BCUT2D eigenvalue weighted by atomic mass is 9.99. The number of ether oxygens (including phenoxy) is 4. The van der Waals surface area contributed by atoms with Gasteiger partial charge in [0, 0.05) is 13.0 Å². The maximum atomic E-state index is 12.9. The van der Waals surface area contributed by atoms with Crippen LogP contribution in [-0.4, -0.2) is 97.5 Å². The first-order chi connectivity index (χ1) is 33.1. The zero-order valence-electron chi connectivity index (χ0n) is 43.2. The fourth-order valence-corrected chi connectivity index (χ4v) is 9.03. The normalized spacial score (nSPS) is 19.5. The molecule has 13 heteroatoms. The molecule has 68 heavy (non-hydrogen) atoms. The Kier molecular flexibility index (Phi) is 43.9. The van der Waals surface area contributed by atoms with E-state index in [4.69, 9.17) is 18.9 Å². The van der Waals surface area contributed by atoms with E-state index in [1.807, 2.05) is 0 Å². The average molecular weight is 987 g/mol. The lowest BCUT2D eigenvalue weighted by molar-refractivity contribution is -0.301. The number of aliphatic hydroxyl groups excluding tert-OH is 3. The second-order valence-corrected chi connectivity index (χ2v) is 20.2. The van der Waals surface area contributed by atoms with Crippen LogP contribution in [0.4, 0.5) is 0 Å². The minimum atomic E-state index is -5.07. The first-order valence-corrected chi connectivity index (χ1v) is 29.1. The zero-order valence-corrected chi connectivity index (χ0v) is 44.0. The number of hydrogen-bond donors (Lipinski definition) is 4. The second-order valence-electron chi connectivity index (χ2n) is 19.2. The lowest BCUT2D eigenvalue weighted by Crippen LogP contribution is -2.60. The molecule has 0 aromatic rings. The highest BCUT2D eigenvalue weighted by Gasteiger charge is 2.48.